The monoisotopic (exact) mass is 316 g/mol. The van der Waals surface area contributed by atoms with Gasteiger partial charge in [0.1, 0.15) is 0 Å². The lowest BCUT2D eigenvalue weighted by Crippen LogP contribution is -2.05. The minimum absolute atomic E-state index is 0.448. The zero-order chi connectivity index (χ0) is 14.2. The summed E-state index contributed by atoms with van der Waals surface area (Å²) in [7, 11) is 0. The number of fused-ring (bicyclic) bond motifs is 1. The zero-order valence-corrected chi connectivity index (χ0v) is 13.3. The van der Waals surface area contributed by atoms with Crippen LogP contribution in [0.4, 0.5) is 5.69 Å². The van der Waals surface area contributed by atoms with Gasteiger partial charge in [0.15, 0.2) is 0 Å². The van der Waals surface area contributed by atoms with Crippen molar-refractivity contribution in [3.63, 3.8) is 0 Å². The fourth-order valence-corrected chi connectivity index (χ4v) is 2.96. The molecule has 102 valence electrons. The number of nitrogens with zero attached hydrogens (tertiary/aromatic N) is 1. The van der Waals surface area contributed by atoms with Crippen LogP contribution in [0, 0.1) is 6.92 Å². The lowest BCUT2D eigenvalue weighted by molar-refractivity contribution is 1.03. The first-order chi connectivity index (χ1) is 9.01. The van der Waals surface area contributed by atoms with E-state index in [2.05, 4.69) is 17.2 Å². The van der Waals surface area contributed by atoms with Gasteiger partial charge >= 0.3 is 0 Å². The molecule has 2 rings (SSSR count). The Morgan fingerprint density at radius 1 is 1.16 bits per heavy atom. The van der Waals surface area contributed by atoms with E-state index in [4.69, 9.17) is 34.8 Å². The molecule has 0 fully saturated rings. The molecule has 19 heavy (non-hydrogen) atoms. The first-order valence-electron chi connectivity index (χ1n) is 6.21. The van der Waals surface area contributed by atoms with E-state index < -0.39 is 0 Å². The van der Waals surface area contributed by atoms with Crippen molar-refractivity contribution >= 4 is 51.4 Å². The van der Waals surface area contributed by atoms with Crippen LogP contribution in [0.2, 0.25) is 15.1 Å². The van der Waals surface area contributed by atoms with Gasteiger partial charge in [-0.3, -0.25) is 4.98 Å². The van der Waals surface area contributed by atoms with Crippen molar-refractivity contribution in [3.8, 4) is 0 Å². The van der Waals surface area contributed by atoms with E-state index in [9.17, 15) is 0 Å². The normalized spacial score (nSPS) is 11.1. The maximum atomic E-state index is 6.34. The first kappa shape index (κ1) is 14.7. The molecule has 1 N–H and O–H groups in total. The summed E-state index contributed by atoms with van der Waals surface area (Å²) in [5, 5.41) is 5.62. The number of rotatable bonds is 3. The Bertz CT molecular complexity index is 639. The highest BCUT2D eigenvalue weighted by Crippen LogP contribution is 2.41. The average Bonchev–Trinajstić information content (AvgIpc) is 2.38. The quantitative estimate of drug-likeness (QED) is 0.756. The van der Waals surface area contributed by atoms with Crippen LogP contribution in [0.25, 0.3) is 10.9 Å². The van der Waals surface area contributed by atoms with Gasteiger partial charge in [0.05, 0.1) is 20.6 Å². The van der Waals surface area contributed by atoms with E-state index in [-0.39, 0.29) is 0 Å². The molecule has 0 atom stereocenters. The summed E-state index contributed by atoms with van der Waals surface area (Å²) in [5.74, 6) is 0. The Balaban J connectivity index is 2.96. The minimum Gasteiger partial charge on any atom is -0.384 e. The van der Waals surface area contributed by atoms with Crippen molar-refractivity contribution in [1.82, 2.24) is 4.98 Å². The second kappa shape index (κ2) is 5.74. The van der Waals surface area contributed by atoms with Gasteiger partial charge in [-0.25, -0.2) is 0 Å². The lowest BCUT2D eigenvalue weighted by Gasteiger charge is -2.17. The summed E-state index contributed by atoms with van der Waals surface area (Å²) in [6.07, 6.45) is 0.844. The average molecular weight is 318 g/mol. The molecule has 0 aliphatic rings. The maximum absolute atomic E-state index is 6.34. The van der Waals surface area contributed by atoms with Crippen LogP contribution in [0.3, 0.4) is 0 Å². The summed E-state index contributed by atoms with van der Waals surface area (Å²) in [4.78, 5) is 4.62. The highest BCUT2D eigenvalue weighted by Gasteiger charge is 2.17. The molecule has 1 aromatic carbocycles. The number of aryl methyl sites for hydroxylation is 1. The number of hydrogen-bond donors (Lipinski definition) is 1. The van der Waals surface area contributed by atoms with Gasteiger partial charge in [-0.05, 0) is 31.9 Å². The molecular formula is C14H15Cl3N2. The van der Waals surface area contributed by atoms with E-state index >= 15 is 0 Å². The second-order valence-corrected chi connectivity index (χ2v) is 5.51. The third-order valence-electron chi connectivity index (χ3n) is 3.14. The zero-order valence-electron chi connectivity index (χ0n) is 11.1. The molecule has 1 aromatic heterocycles. The van der Waals surface area contributed by atoms with Gasteiger partial charge in [0.25, 0.3) is 0 Å². The third kappa shape index (κ3) is 2.49. The van der Waals surface area contributed by atoms with Crippen molar-refractivity contribution in [2.75, 3.05) is 11.9 Å². The molecule has 1 heterocycles. The molecule has 0 unspecified atom stereocenters. The third-order valence-corrected chi connectivity index (χ3v) is 4.21. The SMILES string of the molecule is CCNc1c(C)c(CC)nc2c(Cl)cc(Cl)c(Cl)c12. The molecule has 5 heteroatoms. The molecular weight excluding hydrogens is 303 g/mol. The molecule has 0 aliphatic heterocycles. The van der Waals surface area contributed by atoms with E-state index in [0.717, 1.165) is 35.3 Å². The first-order valence-corrected chi connectivity index (χ1v) is 7.35. The summed E-state index contributed by atoms with van der Waals surface area (Å²) in [6, 6.07) is 1.64. The Morgan fingerprint density at radius 3 is 2.42 bits per heavy atom. The maximum Gasteiger partial charge on any atom is 0.0928 e. The van der Waals surface area contributed by atoms with Gasteiger partial charge in [-0.2, -0.15) is 0 Å². The largest absolute Gasteiger partial charge is 0.384 e. The Kier molecular flexibility index (Phi) is 4.44. The fraction of sp³-hybridized carbons (Fsp3) is 0.357. The molecule has 0 amide bonds. The van der Waals surface area contributed by atoms with Crippen molar-refractivity contribution in [1.29, 1.82) is 0 Å². The topological polar surface area (TPSA) is 24.9 Å². The Hall–Kier alpha value is -0.700. The number of hydrogen-bond acceptors (Lipinski definition) is 2. The number of halogens is 3. The molecule has 0 saturated heterocycles. The van der Waals surface area contributed by atoms with Crippen LogP contribution in [-0.2, 0) is 6.42 Å². The van der Waals surface area contributed by atoms with Crippen LogP contribution < -0.4 is 5.32 Å². The summed E-state index contributed by atoms with van der Waals surface area (Å²) < 4.78 is 0. The summed E-state index contributed by atoms with van der Waals surface area (Å²) in [6.45, 7) is 6.94. The predicted molar refractivity (Wildman–Crippen MR) is 85.1 cm³/mol. The number of aromatic nitrogens is 1. The van der Waals surface area contributed by atoms with Crippen molar-refractivity contribution in [2.24, 2.45) is 0 Å². The molecule has 0 bridgehead atoms. The summed E-state index contributed by atoms with van der Waals surface area (Å²) in [5.41, 5.74) is 3.79. The Labute approximate surface area is 128 Å². The van der Waals surface area contributed by atoms with Crippen LogP contribution in [0.1, 0.15) is 25.1 Å². The molecule has 0 spiro atoms. The van der Waals surface area contributed by atoms with E-state index in [1.807, 2.05) is 13.8 Å². The number of pyridine rings is 1. The van der Waals surface area contributed by atoms with Gasteiger partial charge in [0.2, 0.25) is 0 Å². The van der Waals surface area contributed by atoms with Gasteiger partial charge in [-0.1, -0.05) is 41.7 Å². The minimum atomic E-state index is 0.448. The molecule has 0 aliphatic carbocycles. The van der Waals surface area contributed by atoms with Crippen molar-refractivity contribution in [2.45, 2.75) is 27.2 Å². The van der Waals surface area contributed by atoms with Gasteiger partial charge in [0, 0.05) is 23.3 Å². The van der Waals surface area contributed by atoms with E-state index in [1.165, 1.54) is 0 Å². The van der Waals surface area contributed by atoms with Crippen molar-refractivity contribution < 1.29 is 0 Å². The van der Waals surface area contributed by atoms with E-state index in [0.29, 0.717) is 20.6 Å². The molecule has 2 aromatic rings. The smallest absolute Gasteiger partial charge is 0.0928 e. The van der Waals surface area contributed by atoms with Gasteiger partial charge < -0.3 is 5.32 Å². The van der Waals surface area contributed by atoms with Crippen LogP contribution in [-0.4, -0.2) is 11.5 Å². The van der Waals surface area contributed by atoms with Gasteiger partial charge in [-0.15, -0.1) is 0 Å². The second-order valence-electron chi connectivity index (χ2n) is 4.32. The predicted octanol–water partition coefficient (Wildman–Crippen LogP) is 5.50. The highest BCUT2D eigenvalue weighted by atomic mass is 35.5. The highest BCUT2D eigenvalue weighted by molar-refractivity contribution is 6.48. The molecule has 0 radical (unpaired) electrons. The molecule has 2 nitrogen and oxygen atoms in total. The Morgan fingerprint density at radius 2 is 1.84 bits per heavy atom. The lowest BCUT2D eigenvalue weighted by atomic mass is 10.1. The van der Waals surface area contributed by atoms with Crippen LogP contribution in [0.5, 0.6) is 0 Å². The van der Waals surface area contributed by atoms with E-state index in [1.54, 1.807) is 6.07 Å². The number of anilines is 1. The van der Waals surface area contributed by atoms with Crippen molar-refractivity contribution in [3.05, 3.63) is 32.4 Å². The number of nitrogens with one attached hydrogen (secondary N) is 1. The van der Waals surface area contributed by atoms with Crippen LogP contribution in [0.15, 0.2) is 6.07 Å². The fourth-order valence-electron chi connectivity index (χ4n) is 2.22. The van der Waals surface area contributed by atoms with Crippen LogP contribution >= 0.6 is 34.8 Å². The standard InChI is InChI=1S/C14H15Cl3N2/c1-4-10-7(3)13(18-5-2)11-12(17)8(15)6-9(16)14(11)19-10/h6H,4-5H2,1-3H3,(H,18,19). The molecule has 0 saturated carbocycles. The number of benzene rings is 1. The summed E-state index contributed by atoms with van der Waals surface area (Å²) >= 11 is 18.7.